The Labute approximate surface area is 189 Å². The number of carboxylic acids is 1. The summed E-state index contributed by atoms with van der Waals surface area (Å²) in [5.41, 5.74) is 1.76. The van der Waals surface area contributed by atoms with Crippen LogP contribution in [0.4, 0.5) is 4.39 Å². The number of rotatable bonds is 9. The molecule has 1 N–H and O–H groups in total. The van der Waals surface area contributed by atoms with Crippen LogP contribution in [0.25, 0.3) is 0 Å². The Morgan fingerprint density at radius 1 is 1.25 bits per heavy atom. The topological polar surface area (TPSA) is 68.7 Å². The van der Waals surface area contributed by atoms with Crippen LogP contribution in [0.1, 0.15) is 68.4 Å². The predicted molar refractivity (Wildman–Crippen MR) is 120 cm³/mol. The van der Waals surface area contributed by atoms with Gasteiger partial charge >= 0.3 is 5.97 Å². The fourth-order valence-corrected chi connectivity index (χ4v) is 5.13. The summed E-state index contributed by atoms with van der Waals surface area (Å²) in [4.78, 5) is 15.2. The van der Waals surface area contributed by atoms with Crippen molar-refractivity contribution in [2.45, 2.75) is 57.3 Å². The maximum atomic E-state index is 14.3. The van der Waals surface area contributed by atoms with E-state index in [-0.39, 0.29) is 24.1 Å². The van der Waals surface area contributed by atoms with Gasteiger partial charge in [-0.2, -0.15) is 0 Å². The van der Waals surface area contributed by atoms with Gasteiger partial charge in [-0.25, -0.2) is 9.37 Å². The number of benzene rings is 1. The number of methoxy groups -OCH3 is 1. The van der Waals surface area contributed by atoms with Gasteiger partial charge < -0.3 is 14.6 Å². The Bertz CT molecular complexity index is 945. The van der Waals surface area contributed by atoms with Gasteiger partial charge in [0.15, 0.2) is 0 Å². The van der Waals surface area contributed by atoms with Gasteiger partial charge in [-0.05, 0) is 85.0 Å². The van der Waals surface area contributed by atoms with Crippen molar-refractivity contribution in [1.29, 1.82) is 0 Å². The zero-order valence-corrected chi connectivity index (χ0v) is 18.8. The standard InChI is InChI=1S/C26H32FNO4/c1-16-10-19(23-12-25(31-2)28-14-24(23)27)8-9-20(16)15-32-21-5-3-4-18(11-21)22(13-26(29)30)17-6-7-17/h3-5,11-12,14,16-17,19-20,22H,6-10,13,15H2,1-2H3,(H,29,30)/t16?,19?,20?,22-/m0/s1. The molecule has 4 rings (SSSR count). The molecule has 2 aliphatic rings. The first-order chi connectivity index (χ1) is 15.4. The van der Waals surface area contributed by atoms with Crippen LogP contribution in [0.15, 0.2) is 36.5 Å². The van der Waals surface area contributed by atoms with Crippen molar-refractivity contribution in [1.82, 2.24) is 4.98 Å². The maximum absolute atomic E-state index is 14.3. The second kappa shape index (κ2) is 9.88. The van der Waals surface area contributed by atoms with Crippen molar-refractivity contribution in [2.24, 2.45) is 17.8 Å². The van der Waals surface area contributed by atoms with Crippen molar-refractivity contribution in [3.63, 3.8) is 0 Å². The van der Waals surface area contributed by atoms with Gasteiger partial charge in [-0.3, -0.25) is 4.79 Å². The Morgan fingerprint density at radius 3 is 2.75 bits per heavy atom. The van der Waals surface area contributed by atoms with E-state index in [0.717, 1.165) is 43.4 Å². The molecule has 0 amide bonds. The van der Waals surface area contributed by atoms with Crippen LogP contribution in [0, 0.1) is 23.6 Å². The summed E-state index contributed by atoms with van der Waals surface area (Å²) in [5.74, 6) is 1.76. The lowest BCUT2D eigenvalue weighted by molar-refractivity contribution is -0.137. The molecular weight excluding hydrogens is 409 g/mol. The molecule has 1 aromatic heterocycles. The molecule has 32 heavy (non-hydrogen) atoms. The third-order valence-corrected chi connectivity index (χ3v) is 7.19. The van der Waals surface area contributed by atoms with Crippen molar-refractivity contribution < 1.29 is 23.8 Å². The number of hydrogen-bond donors (Lipinski definition) is 1. The molecule has 1 heterocycles. The van der Waals surface area contributed by atoms with E-state index in [0.29, 0.717) is 35.8 Å². The minimum atomic E-state index is -0.748. The molecule has 1 aromatic carbocycles. The van der Waals surface area contributed by atoms with E-state index >= 15 is 0 Å². The first-order valence-corrected chi connectivity index (χ1v) is 11.6. The van der Waals surface area contributed by atoms with Crippen LogP contribution in [-0.2, 0) is 4.79 Å². The van der Waals surface area contributed by atoms with E-state index in [1.165, 1.54) is 6.20 Å². The van der Waals surface area contributed by atoms with Gasteiger partial charge in [0.1, 0.15) is 11.6 Å². The number of nitrogens with zero attached hydrogens (tertiary/aromatic N) is 1. The number of hydrogen-bond acceptors (Lipinski definition) is 4. The average Bonchev–Trinajstić information content (AvgIpc) is 3.62. The summed E-state index contributed by atoms with van der Waals surface area (Å²) < 4.78 is 25.7. The van der Waals surface area contributed by atoms with Gasteiger partial charge in [0.05, 0.1) is 26.3 Å². The quantitative estimate of drug-likeness (QED) is 0.533. The van der Waals surface area contributed by atoms with Crippen molar-refractivity contribution >= 4 is 5.97 Å². The molecule has 2 aliphatic carbocycles. The van der Waals surface area contributed by atoms with Crippen LogP contribution in [0.3, 0.4) is 0 Å². The van der Waals surface area contributed by atoms with Crippen LogP contribution in [0.2, 0.25) is 0 Å². The predicted octanol–water partition coefficient (Wildman–Crippen LogP) is 5.80. The highest BCUT2D eigenvalue weighted by molar-refractivity contribution is 5.68. The molecule has 0 radical (unpaired) electrons. The van der Waals surface area contributed by atoms with E-state index in [2.05, 4.69) is 11.9 Å². The summed E-state index contributed by atoms with van der Waals surface area (Å²) >= 11 is 0. The number of halogens is 1. The first-order valence-electron chi connectivity index (χ1n) is 11.6. The lowest BCUT2D eigenvalue weighted by Gasteiger charge is -2.34. The summed E-state index contributed by atoms with van der Waals surface area (Å²) in [7, 11) is 1.55. The molecule has 0 saturated heterocycles. The highest BCUT2D eigenvalue weighted by atomic mass is 19.1. The SMILES string of the molecule is COc1cc(C2CCC(COc3cccc([C@@H](CC(=O)O)C4CC4)c3)C(C)C2)c(F)cn1. The van der Waals surface area contributed by atoms with Crippen LogP contribution >= 0.6 is 0 Å². The first kappa shape index (κ1) is 22.6. The second-order valence-corrected chi connectivity index (χ2v) is 9.42. The van der Waals surface area contributed by atoms with Gasteiger partial charge in [0.25, 0.3) is 0 Å². The molecule has 0 bridgehead atoms. The third kappa shape index (κ3) is 5.40. The van der Waals surface area contributed by atoms with Gasteiger partial charge in [0, 0.05) is 6.07 Å². The molecule has 2 aromatic rings. The molecular formula is C26H32FNO4. The highest BCUT2D eigenvalue weighted by Gasteiger charge is 2.34. The van der Waals surface area contributed by atoms with Crippen molar-refractivity contribution in [2.75, 3.05) is 13.7 Å². The Balaban J connectivity index is 1.36. The molecule has 2 saturated carbocycles. The molecule has 6 heteroatoms. The van der Waals surface area contributed by atoms with E-state index < -0.39 is 5.97 Å². The summed E-state index contributed by atoms with van der Waals surface area (Å²) in [5, 5.41) is 9.28. The number of aromatic nitrogens is 1. The van der Waals surface area contributed by atoms with Gasteiger partial charge in [-0.1, -0.05) is 19.1 Å². The normalized spacial score (nSPS) is 24.0. The molecule has 2 fully saturated rings. The summed E-state index contributed by atoms with van der Waals surface area (Å²) in [6.07, 6.45) is 6.41. The zero-order chi connectivity index (χ0) is 22.7. The molecule has 3 unspecified atom stereocenters. The van der Waals surface area contributed by atoms with Crippen LogP contribution in [0.5, 0.6) is 11.6 Å². The maximum Gasteiger partial charge on any atom is 0.303 e. The molecule has 4 atom stereocenters. The molecule has 0 aliphatic heterocycles. The number of ether oxygens (including phenoxy) is 2. The van der Waals surface area contributed by atoms with Crippen molar-refractivity contribution in [3.05, 3.63) is 53.5 Å². The van der Waals surface area contributed by atoms with E-state index in [9.17, 15) is 14.3 Å². The largest absolute Gasteiger partial charge is 0.493 e. The highest BCUT2D eigenvalue weighted by Crippen LogP contribution is 2.45. The Hall–Kier alpha value is -2.63. The minimum Gasteiger partial charge on any atom is -0.493 e. The van der Waals surface area contributed by atoms with Gasteiger partial charge in [0.2, 0.25) is 5.88 Å². The summed E-state index contributed by atoms with van der Waals surface area (Å²) in [6, 6.07) is 9.67. The van der Waals surface area contributed by atoms with Crippen LogP contribution in [-0.4, -0.2) is 29.8 Å². The molecule has 5 nitrogen and oxygen atoms in total. The number of aliphatic carboxylic acids is 1. The molecule has 0 spiro atoms. The Morgan fingerprint density at radius 2 is 2.06 bits per heavy atom. The average molecular weight is 442 g/mol. The smallest absolute Gasteiger partial charge is 0.303 e. The third-order valence-electron chi connectivity index (χ3n) is 7.19. The monoisotopic (exact) mass is 441 g/mol. The van der Waals surface area contributed by atoms with E-state index in [1.54, 1.807) is 13.2 Å². The molecule has 172 valence electrons. The number of carbonyl (C=O) groups is 1. The number of pyridine rings is 1. The van der Waals surface area contributed by atoms with Crippen molar-refractivity contribution in [3.8, 4) is 11.6 Å². The summed E-state index contributed by atoms with van der Waals surface area (Å²) in [6.45, 7) is 2.83. The second-order valence-electron chi connectivity index (χ2n) is 9.42. The lowest BCUT2D eigenvalue weighted by atomic mass is 9.73. The minimum absolute atomic E-state index is 0.0673. The fourth-order valence-electron chi connectivity index (χ4n) is 5.13. The lowest BCUT2D eigenvalue weighted by Crippen LogP contribution is -2.27. The zero-order valence-electron chi connectivity index (χ0n) is 18.8. The van der Waals surface area contributed by atoms with Gasteiger partial charge in [-0.15, -0.1) is 0 Å². The number of carboxylic acid groups (broad SMARTS) is 1. The Kier molecular flexibility index (Phi) is 6.97. The fraction of sp³-hybridized carbons (Fsp3) is 0.538. The van der Waals surface area contributed by atoms with Crippen LogP contribution < -0.4 is 9.47 Å². The van der Waals surface area contributed by atoms with E-state index in [4.69, 9.17) is 9.47 Å². The van der Waals surface area contributed by atoms with E-state index in [1.807, 2.05) is 24.3 Å².